The Morgan fingerprint density at radius 1 is 1.10 bits per heavy atom. The fraction of sp³-hybridized carbons (Fsp3) is 0.133. The van der Waals surface area contributed by atoms with Crippen LogP contribution in [-0.2, 0) is 11.2 Å². The van der Waals surface area contributed by atoms with Crippen LogP contribution in [0.5, 0.6) is 0 Å². The quantitative estimate of drug-likeness (QED) is 0.778. The number of carbonyl (C=O) groups is 1. The topological polar surface area (TPSA) is 81.2 Å². The first kappa shape index (κ1) is 13.1. The van der Waals surface area contributed by atoms with E-state index in [1.165, 1.54) is 6.26 Å². The molecule has 1 N–H and O–H groups in total. The van der Waals surface area contributed by atoms with E-state index in [1.54, 1.807) is 12.1 Å². The van der Waals surface area contributed by atoms with Crippen LogP contribution in [0.3, 0.4) is 0 Å². The van der Waals surface area contributed by atoms with E-state index in [0.29, 0.717) is 18.6 Å². The van der Waals surface area contributed by atoms with Crippen LogP contribution >= 0.6 is 0 Å². The van der Waals surface area contributed by atoms with Crippen molar-refractivity contribution in [3.05, 3.63) is 54.3 Å². The van der Waals surface area contributed by atoms with Gasteiger partial charge in [0.2, 0.25) is 5.91 Å². The van der Waals surface area contributed by atoms with Crippen LogP contribution in [-0.4, -0.2) is 16.1 Å². The fourth-order valence-electron chi connectivity index (χ4n) is 1.86. The normalized spacial score (nSPS) is 10.5. The SMILES string of the molecule is O=C(CCc1ccccc1)Nc1nnc(-c2ccco2)o1. The van der Waals surface area contributed by atoms with Gasteiger partial charge in [-0.15, -0.1) is 5.10 Å². The number of hydrogen-bond acceptors (Lipinski definition) is 5. The molecular formula is C15H13N3O3. The van der Waals surface area contributed by atoms with Crippen molar-refractivity contribution in [3.63, 3.8) is 0 Å². The van der Waals surface area contributed by atoms with Crippen LogP contribution in [0.4, 0.5) is 6.01 Å². The predicted octanol–water partition coefficient (Wildman–Crippen LogP) is 2.90. The molecule has 0 bridgehead atoms. The maximum atomic E-state index is 11.8. The number of furan rings is 1. The van der Waals surface area contributed by atoms with E-state index in [4.69, 9.17) is 8.83 Å². The van der Waals surface area contributed by atoms with Gasteiger partial charge in [0.15, 0.2) is 5.76 Å². The summed E-state index contributed by atoms with van der Waals surface area (Å²) in [6.45, 7) is 0. The van der Waals surface area contributed by atoms with Gasteiger partial charge >= 0.3 is 6.01 Å². The number of carbonyl (C=O) groups excluding carboxylic acids is 1. The largest absolute Gasteiger partial charge is 0.459 e. The number of nitrogens with one attached hydrogen (secondary N) is 1. The molecule has 0 fully saturated rings. The maximum Gasteiger partial charge on any atom is 0.322 e. The highest BCUT2D eigenvalue weighted by molar-refractivity contribution is 5.88. The highest BCUT2D eigenvalue weighted by atomic mass is 16.4. The van der Waals surface area contributed by atoms with Crippen molar-refractivity contribution in [2.24, 2.45) is 0 Å². The summed E-state index contributed by atoms with van der Waals surface area (Å²) in [5.41, 5.74) is 1.11. The first-order valence-electron chi connectivity index (χ1n) is 6.52. The highest BCUT2D eigenvalue weighted by Gasteiger charge is 2.12. The van der Waals surface area contributed by atoms with Gasteiger partial charge in [-0.05, 0) is 24.1 Å². The van der Waals surface area contributed by atoms with E-state index in [1.807, 2.05) is 30.3 Å². The van der Waals surface area contributed by atoms with E-state index in [2.05, 4.69) is 15.5 Å². The predicted molar refractivity (Wildman–Crippen MR) is 75.4 cm³/mol. The van der Waals surface area contributed by atoms with Crippen LogP contribution in [0, 0.1) is 0 Å². The van der Waals surface area contributed by atoms with Crippen molar-refractivity contribution in [3.8, 4) is 11.7 Å². The molecular weight excluding hydrogens is 270 g/mol. The number of aryl methyl sites for hydroxylation is 1. The van der Waals surface area contributed by atoms with Gasteiger partial charge in [0, 0.05) is 6.42 Å². The molecule has 0 saturated heterocycles. The molecule has 2 heterocycles. The molecule has 0 saturated carbocycles. The van der Waals surface area contributed by atoms with Crippen molar-refractivity contribution in [2.45, 2.75) is 12.8 Å². The van der Waals surface area contributed by atoms with Gasteiger partial charge < -0.3 is 8.83 Å². The number of rotatable bonds is 5. The lowest BCUT2D eigenvalue weighted by atomic mass is 10.1. The summed E-state index contributed by atoms with van der Waals surface area (Å²) >= 11 is 0. The number of anilines is 1. The van der Waals surface area contributed by atoms with Crippen molar-refractivity contribution in [2.75, 3.05) is 5.32 Å². The second kappa shape index (κ2) is 6.04. The van der Waals surface area contributed by atoms with Crippen molar-refractivity contribution in [1.82, 2.24) is 10.2 Å². The van der Waals surface area contributed by atoms with Gasteiger partial charge in [0.1, 0.15) is 0 Å². The molecule has 2 aromatic heterocycles. The molecule has 0 unspecified atom stereocenters. The molecule has 3 rings (SSSR count). The molecule has 106 valence electrons. The Hall–Kier alpha value is -2.89. The first-order chi connectivity index (χ1) is 10.3. The average Bonchev–Trinajstić information content (AvgIpc) is 3.17. The summed E-state index contributed by atoms with van der Waals surface area (Å²) in [5.74, 6) is 0.527. The van der Waals surface area contributed by atoms with Crippen LogP contribution in [0.1, 0.15) is 12.0 Å². The zero-order valence-electron chi connectivity index (χ0n) is 11.2. The Balaban J connectivity index is 1.55. The number of amides is 1. The van der Waals surface area contributed by atoms with Crippen molar-refractivity contribution < 1.29 is 13.6 Å². The summed E-state index contributed by atoms with van der Waals surface area (Å²) in [7, 11) is 0. The minimum absolute atomic E-state index is 0.0689. The smallest absolute Gasteiger partial charge is 0.322 e. The number of hydrogen-bond donors (Lipinski definition) is 1. The average molecular weight is 283 g/mol. The summed E-state index contributed by atoms with van der Waals surface area (Å²) in [6, 6.07) is 13.3. The Bertz CT molecular complexity index is 705. The molecule has 0 spiro atoms. The molecule has 0 atom stereocenters. The van der Waals surface area contributed by atoms with Crippen LogP contribution in [0.25, 0.3) is 11.7 Å². The lowest BCUT2D eigenvalue weighted by molar-refractivity contribution is -0.116. The molecule has 1 amide bonds. The van der Waals surface area contributed by atoms with E-state index >= 15 is 0 Å². The maximum absolute atomic E-state index is 11.8. The van der Waals surface area contributed by atoms with E-state index in [9.17, 15) is 4.79 Å². The van der Waals surface area contributed by atoms with Gasteiger partial charge in [0.25, 0.3) is 5.89 Å². The minimum Gasteiger partial charge on any atom is -0.459 e. The Kier molecular flexibility index (Phi) is 3.77. The molecule has 0 aliphatic heterocycles. The zero-order valence-corrected chi connectivity index (χ0v) is 11.2. The number of aromatic nitrogens is 2. The highest BCUT2D eigenvalue weighted by Crippen LogP contribution is 2.19. The van der Waals surface area contributed by atoms with Gasteiger partial charge in [0.05, 0.1) is 6.26 Å². The third kappa shape index (κ3) is 3.36. The van der Waals surface area contributed by atoms with Crippen molar-refractivity contribution >= 4 is 11.9 Å². The number of benzene rings is 1. The second-order valence-corrected chi connectivity index (χ2v) is 4.42. The molecule has 6 nitrogen and oxygen atoms in total. The van der Waals surface area contributed by atoms with Crippen molar-refractivity contribution in [1.29, 1.82) is 0 Å². The lowest BCUT2D eigenvalue weighted by Crippen LogP contribution is -2.12. The van der Waals surface area contributed by atoms with E-state index in [-0.39, 0.29) is 17.8 Å². The molecule has 21 heavy (non-hydrogen) atoms. The summed E-state index contributed by atoms with van der Waals surface area (Å²) in [5, 5.41) is 10.1. The molecule has 6 heteroatoms. The van der Waals surface area contributed by atoms with E-state index < -0.39 is 0 Å². The van der Waals surface area contributed by atoms with Gasteiger partial charge in [-0.3, -0.25) is 10.1 Å². The van der Waals surface area contributed by atoms with Gasteiger partial charge in [-0.1, -0.05) is 35.4 Å². The van der Waals surface area contributed by atoms with E-state index in [0.717, 1.165) is 5.56 Å². The fourth-order valence-corrected chi connectivity index (χ4v) is 1.86. The Labute approximate surface area is 120 Å². The molecule has 0 aliphatic carbocycles. The molecule has 0 radical (unpaired) electrons. The lowest BCUT2D eigenvalue weighted by Gasteiger charge is -2.00. The summed E-state index contributed by atoms with van der Waals surface area (Å²) < 4.78 is 10.4. The first-order valence-corrected chi connectivity index (χ1v) is 6.52. The standard InChI is InChI=1S/C15H13N3O3/c19-13(9-8-11-5-2-1-3-6-11)16-15-18-17-14(21-15)12-7-4-10-20-12/h1-7,10H,8-9H2,(H,16,18,19). The Morgan fingerprint density at radius 3 is 2.71 bits per heavy atom. The third-order valence-corrected chi connectivity index (χ3v) is 2.89. The number of nitrogens with zero attached hydrogens (tertiary/aromatic N) is 2. The third-order valence-electron chi connectivity index (χ3n) is 2.89. The van der Waals surface area contributed by atoms with Gasteiger partial charge in [-0.2, -0.15) is 0 Å². The monoisotopic (exact) mass is 283 g/mol. The van der Waals surface area contributed by atoms with Crippen LogP contribution in [0.2, 0.25) is 0 Å². The van der Waals surface area contributed by atoms with Crippen LogP contribution in [0.15, 0.2) is 57.6 Å². The summed E-state index contributed by atoms with van der Waals surface area (Å²) in [6.07, 6.45) is 2.52. The second-order valence-electron chi connectivity index (χ2n) is 4.42. The summed E-state index contributed by atoms with van der Waals surface area (Å²) in [4.78, 5) is 11.8. The molecule has 1 aromatic carbocycles. The minimum atomic E-state index is -0.173. The zero-order chi connectivity index (χ0) is 14.5. The molecule has 3 aromatic rings. The van der Waals surface area contributed by atoms with Crippen LogP contribution < -0.4 is 5.32 Å². The molecule has 0 aliphatic rings. The van der Waals surface area contributed by atoms with Gasteiger partial charge in [-0.25, -0.2) is 0 Å². The Morgan fingerprint density at radius 2 is 1.95 bits per heavy atom.